The summed E-state index contributed by atoms with van der Waals surface area (Å²) in [7, 11) is 0. The third-order valence-electron chi connectivity index (χ3n) is 8.59. The van der Waals surface area contributed by atoms with Gasteiger partial charge in [-0.25, -0.2) is 4.98 Å². The fourth-order valence-corrected chi connectivity index (χ4v) is 6.46. The van der Waals surface area contributed by atoms with Crippen LogP contribution in [-0.4, -0.2) is 19.5 Å². The van der Waals surface area contributed by atoms with Crippen molar-refractivity contribution in [3.05, 3.63) is 132 Å². The lowest BCUT2D eigenvalue weighted by Crippen LogP contribution is -2.06. The number of rotatable bonds is 3. The Kier molecular flexibility index (Phi) is 5.26. The Hall–Kier alpha value is -5.81. The molecule has 0 unspecified atom stereocenters. The molecule has 0 amide bonds. The van der Waals surface area contributed by atoms with Crippen LogP contribution in [0.2, 0.25) is 0 Å². The SMILES string of the molecule is Cc1ccc(-c2nc(-c3ccc(C)cc3)nc(-n3c4ccccc4c4c5ccccc5c5c6ccccc6oc5c43)n2)cc1. The van der Waals surface area contributed by atoms with Gasteiger partial charge in [0.15, 0.2) is 17.2 Å². The van der Waals surface area contributed by atoms with Crippen LogP contribution in [0.25, 0.3) is 83.2 Å². The summed E-state index contributed by atoms with van der Waals surface area (Å²) < 4.78 is 8.90. The summed E-state index contributed by atoms with van der Waals surface area (Å²) in [6, 6.07) is 42.0. The van der Waals surface area contributed by atoms with Gasteiger partial charge in [0.05, 0.1) is 5.52 Å². The van der Waals surface area contributed by atoms with E-state index < -0.39 is 0 Å². The molecule has 6 aromatic carbocycles. The Balaban J connectivity index is 1.47. The molecule has 5 nitrogen and oxygen atoms in total. The molecule has 44 heavy (non-hydrogen) atoms. The van der Waals surface area contributed by atoms with Gasteiger partial charge in [0.2, 0.25) is 5.95 Å². The van der Waals surface area contributed by atoms with Gasteiger partial charge in [-0.15, -0.1) is 0 Å². The molecular formula is C39H26N4O. The van der Waals surface area contributed by atoms with Gasteiger partial charge in [-0.1, -0.05) is 120 Å². The second-order valence-corrected chi connectivity index (χ2v) is 11.4. The highest BCUT2D eigenvalue weighted by atomic mass is 16.3. The molecule has 0 fully saturated rings. The molecule has 0 atom stereocenters. The Labute approximate surface area is 253 Å². The number of benzene rings is 6. The lowest BCUT2D eigenvalue weighted by Gasteiger charge is -2.12. The van der Waals surface area contributed by atoms with Crippen molar-refractivity contribution < 1.29 is 4.42 Å². The second kappa shape index (κ2) is 9.35. The maximum absolute atomic E-state index is 6.73. The number of furan rings is 1. The van der Waals surface area contributed by atoms with Gasteiger partial charge >= 0.3 is 0 Å². The normalized spacial score (nSPS) is 11.9. The molecule has 0 aliphatic heterocycles. The minimum absolute atomic E-state index is 0.550. The fraction of sp³-hybridized carbons (Fsp3) is 0.0513. The zero-order valence-electron chi connectivity index (χ0n) is 24.2. The monoisotopic (exact) mass is 566 g/mol. The van der Waals surface area contributed by atoms with Crippen molar-refractivity contribution in [2.75, 3.05) is 0 Å². The van der Waals surface area contributed by atoms with Crippen LogP contribution in [0, 0.1) is 13.8 Å². The summed E-state index contributed by atoms with van der Waals surface area (Å²) in [6.45, 7) is 4.17. The Morgan fingerprint density at radius 3 is 1.66 bits per heavy atom. The zero-order valence-corrected chi connectivity index (χ0v) is 24.2. The summed E-state index contributed by atoms with van der Waals surface area (Å²) in [4.78, 5) is 15.3. The van der Waals surface area contributed by atoms with Crippen molar-refractivity contribution in [2.45, 2.75) is 13.8 Å². The van der Waals surface area contributed by atoms with Crippen LogP contribution in [0.4, 0.5) is 0 Å². The van der Waals surface area contributed by atoms with Gasteiger partial charge in [-0.2, -0.15) is 9.97 Å². The molecule has 208 valence electrons. The van der Waals surface area contributed by atoms with Crippen molar-refractivity contribution in [2.24, 2.45) is 0 Å². The van der Waals surface area contributed by atoms with Crippen molar-refractivity contribution in [1.29, 1.82) is 0 Å². The quantitative estimate of drug-likeness (QED) is 0.214. The first kappa shape index (κ1) is 24.8. The first-order valence-electron chi connectivity index (χ1n) is 14.8. The molecule has 0 aliphatic carbocycles. The van der Waals surface area contributed by atoms with Gasteiger partial charge in [0.1, 0.15) is 11.1 Å². The molecule has 3 aromatic heterocycles. The van der Waals surface area contributed by atoms with E-state index in [2.05, 4.69) is 128 Å². The first-order valence-corrected chi connectivity index (χ1v) is 14.8. The molecule has 5 heteroatoms. The van der Waals surface area contributed by atoms with E-state index in [0.717, 1.165) is 54.9 Å². The van der Waals surface area contributed by atoms with Crippen molar-refractivity contribution >= 4 is 54.5 Å². The van der Waals surface area contributed by atoms with E-state index >= 15 is 0 Å². The average Bonchev–Trinajstić information content (AvgIpc) is 3.62. The van der Waals surface area contributed by atoms with Gasteiger partial charge in [-0.3, -0.25) is 4.57 Å². The molecule has 9 aromatic rings. The number of hydrogen-bond acceptors (Lipinski definition) is 4. The van der Waals surface area contributed by atoms with Gasteiger partial charge in [-0.05, 0) is 36.8 Å². The van der Waals surface area contributed by atoms with Gasteiger partial charge in [0, 0.05) is 32.7 Å². The predicted molar refractivity (Wildman–Crippen MR) is 179 cm³/mol. The number of aryl methyl sites for hydroxylation is 2. The van der Waals surface area contributed by atoms with E-state index in [0.29, 0.717) is 17.6 Å². The fourth-order valence-electron chi connectivity index (χ4n) is 6.46. The maximum atomic E-state index is 6.73. The molecule has 0 saturated carbocycles. The molecule has 3 heterocycles. The van der Waals surface area contributed by atoms with Crippen LogP contribution in [0.3, 0.4) is 0 Å². The van der Waals surface area contributed by atoms with Crippen molar-refractivity contribution in [3.63, 3.8) is 0 Å². The first-order chi connectivity index (χ1) is 21.6. The van der Waals surface area contributed by atoms with E-state index in [-0.39, 0.29) is 0 Å². The smallest absolute Gasteiger partial charge is 0.238 e. The molecular weight excluding hydrogens is 540 g/mol. The zero-order chi connectivity index (χ0) is 29.4. The van der Waals surface area contributed by atoms with E-state index in [1.807, 2.05) is 12.1 Å². The highest BCUT2D eigenvalue weighted by Gasteiger charge is 2.24. The summed E-state index contributed by atoms with van der Waals surface area (Å²) in [5.74, 6) is 1.80. The minimum atomic E-state index is 0.550. The molecule has 0 saturated heterocycles. The molecule has 9 rings (SSSR count). The Morgan fingerprint density at radius 1 is 0.500 bits per heavy atom. The number of fused-ring (bicyclic) bond motifs is 10. The lowest BCUT2D eigenvalue weighted by atomic mass is 9.99. The van der Waals surface area contributed by atoms with E-state index in [9.17, 15) is 0 Å². The van der Waals surface area contributed by atoms with Gasteiger partial charge in [0.25, 0.3) is 0 Å². The third kappa shape index (κ3) is 3.62. The van der Waals surface area contributed by atoms with Crippen LogP contribution < -0.4 is 0 Å². The van der Waals surface area contributed by atoms with E-state index in [4.69, 9.17) is 19.4 Å². The molecule has 0 radical (unpaired) electrons. The maximum Gasteiger partial charge on any atom is 0.238 e. The number of hydrogen-bond donors (Lipinski definition) is 0. The summed E-state index contributed by atoms with van der Waals surface area (Å²) in [5.41, 5.74) is 7.88. The summed E-state index contributed by atoms with van der Waals surface area (Å²) in [6.07, 6.45) is 0. The molecule has 0 N–H and O–H groups in total. The van der Waals surface area contributed by atoms with Gasteiger partial charge < -0.3 is 4.42 Å². The highest BCUT2D eigenvalue weighted by molar-refractivity contribution is 6.34. The van der Waals surface area contributed by atoms with Crippen molar-refractivity contribution in [1.82, 2.24) is 19.5 Å². The van der Waals surface area contributed by atoms with E-state index in [1.165, 1.54) is 21.9 Å². The lowest BCUT2D eigenvalue weighted by molar-refractivity contribution is 0.671. The van der Waals surface area contributed by atoms with Crippen LogP contribution in [0.5, 0.6) is 0 Å². The Morgan fingerprint density at radius 2 is 1.02 bits per heavy atom. The molecule has 0 bridgehead atoms. The van der Waals surface area contributed by atoms with Crippen LogP contribution in [0.15, 0.2) is 126 Å². The standard InChI is InChI=1S/C39H26N4O/c1-23-15-19-25(20-16-23)37-40-38(26-21-17-24(2)18-22-26)42-39(41-37)43-31-13-7-5-11-29(31)33-27-9-3-4-10-28(27)34-30-12-6-8-14-32(30)44-36(34)35(33)43/h3-22H,1-2H3. The minimum Gasteiger partial charge on any atom is -0.454 e. The molecule has 0 spiro atoms. The highest BCUT2D eigenvalue weighted by Crippen LogP contribution is 2.45. The van der Waals surface area contributed by atoms with Crippen LogP contribution in [-0.2, 0) is 0 Å². The predicted octanol–water partition coefficient (Wildman–Crippen LogP) is 9.97. The largest absolute Gasteiger partial charge is 0.454 e. The van der Waals surface area contributed by atoms with E-state index in [1.54, 1.807) is 0 Å². The number of para-hydroxylation sites is 2. The second-order valence-electron chi connectivity index (χ2n) is 11.4. The summed E-state index contributed by atoms with van der Waals surface area (Å²) >= 11 is 0. The van der Waals surface area contributed by atoms with Crippen molar-refractivity contribution in [3.8, 4) is 28.7 Å². The number of nitrogens with zero attached hydrogens (tertiary/aromatic N) is 4. The third-order valence-corrected chi connectivity index (χ3v) is 8.59. The van der Waals surface area contributed by atoms with Crippen LogP contribution >= 0.6 is 0 Å². The topological polar surface area (TPSA) is 56.7 Å². The Bertz CT molecular complexity index is 2490. The number of aromatic nitrogens is 4. The molecule has 0 aliphatic rings. The summed E-state index contributed by atoms with van der Waals surface area (Å²) in [5, 5.41) is 6.77. The van der Waals surface area contributed by atoms with Crippen LogP contribution in [0.1, 0.15) is 11.1 Å². The average molecular weight is 567 g/mol.